The minimum Gasteiger partial charge on any atom is -0.507 e. The number of rotatable bonds is 7. The van der Waals surface area contributed by atoms with Gasteiger partial charge in [0.15, 0.2) is 5.78 Å². The molecule has 0 aliphatic heterocycles. The highest BCUT2D eigenvalue weighted by Gasteiger charge is 2.20. The zero-order chi connectivity index (χ0) is 19.3. The van der Waals surface area contributed by atoms with Crippen molar-refractivity contribution in [3.05, 3.63) is 59.2 Å². The molecule has 0 aliphatic carbocycles. The summed E-state index contributed by atoms with van der Waals surface area (Å²) in [6.45, 7) is 2.40. The maximum Gasteiger partial charge on any atom is 0.336 e. The largest absolute Gasteiger partial charge is 0.507 e. The molecule has 0 aliphatic rings. The third-order valence-electron chi connectivity index (χ3n) is 3.89. The second-order valence-corrected chi connectivity index (χ2v) is 5.79. The third kappa shape index (κ3) is 4.38. The lowest BCUT2D eigenvalue weighted by atomic mass is 9.97. The first kappa shape index (κ1) is 19.0. The minimum absolute atomic E-state index is 0.0158. The number of phenols is 1. The van der Waals surface area contributed by atoms with Crippen molar-refractivity contribution >= 4 is 23.3 Å². The van der Waals surface area contributed by atoms with Gasteiger partial charge in [-0.25, -0.2) is 4.79 Å². The van der Waals surface area contributed by atoms with Crippen LogP contribution in [0.1, 0.15) is 33.2 Å². The SMILES string of the molecule is CC(=O)NCCN(C)c1ccc(C(=O)c2ccccc2C(=O)O)c(O)c1. The van der Waals surface area contributed by atoms with E-state index in [4.69, 9.17) is 0 Å². The normalized spacial score (nSPS) is 10.2. The molecule has 0 saturated carbocycles. The number of nitrogens with one attached hydrogen (secondary N) is 1. The monoisotopic (exact) mass is 356 g/mol. The predicted molar refractivity (Wildman–Crippen MR) is 96.9 cm³/mol. The summed E-state index contributed by atoms with van der Waals surface area (Å²) in [6.07, 6.45) is 0. The van der Waals surface area contributed by atoms with Crippen molar-refractivity contribution < 1.29 is 24.6 Å². The molecule has 0 atom stereocenters. The van der Waals surface area contributed by atoms with E-state index in [9.17, 15) is 24.6 Å². The van der Waals surface area contributed by atoms with Gasteiger partial charge in [-0.3, -0.25) is 9.59 Å². The lowest BCUT2D eigenvalue weighted by Crippen LogP contribution is -2.31. The van der Waals surface area contributed by atoms with Gasteiger partial charge in [0.05, 0.1) is 11.1 Å². The summed E-state index contributed by atoms with van der Waals surface area (Å²) in [7, 11) is 1.79. The average molecular weight is 356 g/mol. The van der Waals surface area contributed by atoms with Gasteiger partial charge in [-0.2, -0.15) is 0 Å². The minimum atomic E-state index is -1.21. The van der Waals surface area contributed by atoms with E-state index in [1.165, 1.54) is 37.3 Å². The predicted octanol–water partition coefficient (Wildman–Crippen LogP) is 1.89. The summed E-state index contributed by atoms with van der Waals surface area (Å²) in [4.78, 5) is 36.6. The molecule has 0 aromatic heterocycles. The molecular weight excluding hydrogens is 336 g/mol. The second kappa shape index (κ2) is 8.15. The van der Waals surface area contributed by atoms with E-state index in [2.05, 4.69) is 5.32 Å². The number of benzene rings is 2. The average Bonchev–Trinajstić information content (AvgIpc) is 2.60. The van der Waals surface area contributed by atoms with Gasteiger partial charge < -0.3 is 20.4 Å². The molecule has 1 amide bonds. The van der Waals surface area contributed by atoms with Crippen LogP contribution in [0.2, 0.25) is 0 Å². The van der Waals surface area contributed by atoms with Crippen LogP contribution < -0.4 is 10.2 Å². The van der Waals surface area contributed by atoms with E-state index >= 15 is 0 Å². The Bertz CT molecular complexity index is 848. The van der Waals surface area contributed by atoms with Crippen LogP contribution in [0, 0.1) is 0 Å². The fraction of sp³-hybridized carbons (Fsp3) is 0.211. The lowest BCUT2D eigenvalue weighted by Gasteiger charge is -2.20. The van der Waals surface area contributed by atoms with E-state index in [0.717, 1.165) is 0 Å². The topological polar surface area (TPSA) is 107 Å². The second-order valence-electron chi connectivity index (χ2n) is 5.79. The van der Waals surface area contributed by atoms with Gasteiger partial charge in [0.2, 0.25) is 5.91 Å². The zero-order valence-corrected chi connectivity index (χ0v) is 14.5. The van der Waals surface area contributed by atoms with Crippen molar-refractivity contribution in [2.45, 2.75) is 6.92 Å². The van der Waals surface area contributed by atoms with Crippen molar-refractivity contribution in [3.63, 3.8) is 0 Å². The smallest absolute Gasteiger partial charge is 0.336 e. The number of ketones is 1. The first-order valence-electron chi connectivity index (χ1n) is 7.97. The number of carbonyl (C=O) groups excluding carboxylic acids is 2. The Balaban J connectivity index is 2.23. The van der Waals surface area contributed by atoms with Crippen molar-refractivity contribution in [1.29, 1.82) is 0 Å². The number of carbonyl (C=O) groups is 3. The van der Waals surface area contributed by atoms with Gasteiger partial charge in [0.1, 0.15) is 5.75 Å². The van der Waals surface area contributed by atoms with Gasteiger partial charge in [-0.05, 0) is 18.2 Å². The number of aromatic carboxylic acids is 1. The molecule has 26 heavy (non-hydrogen) atoms. The highest BCUT2D eigenvalue weighted by atomic mass is 16.4. The number of carboxylic acids is 1. The van der Waals surface area contributed by atoms with Gasteiger partial charge in [0, 0.05) is 44.4 Å². The molecular formula is C19H20N2O5. The number of hydrogen-bond donors (Lipinski definition) is 3. The number of amides is 1. The molecule has 0 spiro atoms. The Labute approximate surface area is 150 Å². The van der Waals surface area contributed by atoms with Crippen LogP contribution in [0.5, 0.6) is 5.75 Å². The summed E-state index contributed by atoms with van der Waals surface area (Å²) in [5.41, 5.74) is 0.587. The molecule has 7 nitrogen and oxygen atoms in total. The number of phenolic OH excluding ortho intramolecular Hbond substituents is 1. The van der Waals surface area contributed by atoms with Crippen molar-refractivity contribution in [3.8, 4) is 5.75 Å². The Morgan fingerprint density at radius 1 is 1.04 bits per heavy atom. The van der Waals surface area contributed by atoms with Crippen LogP contribution >= 0.6 is 0 Å². The fourth-order valence-corrected chi connectivity index (χ4v) is 2.49. The maximum atomic E-state index is 12.6. The van der Waals surface area contributed by atoms with Crippen LogP contribution in [0.4, 0.5) is 5.69 Å². The summed E-state index contributed by atoms with van der Waals surface area (Å²) in [6, 6.07) is 10.4. The molecule has 0 bridgehead atoms. The van der Waals surface area contributed by atoms with Gasteiger partial charge in [-0.15, -0.1) is 0 Å². The summed E-state index contributed by atoms with van der Waals surface area (Å²) in [5.74, 6) is -2.13. The summed E-state index contributed by atoms with van der Waals surface area (Å²) < 4.78 is 0. The Hall–Kier alpha value is -3.35. The lowest BCUT2D eigenvalue weighted by molar-refractivity contribution is -0.118. The van der Waals surface area contributed by atoms with E-state index in [1.54, 1.807) is 19.2 Å². The fourth-order valence-electron chi connectivity index (χ4n) is 2.49. The van der Waals surface area contributed by atoms with E-state index in [0.29, 0.717) is 18.8 Å². The highest BCUT2D eigenvalue weighted by Crippen LogP contribution is 2.27. The number of likely N-dealkylation sites (N-methyl/N-ethyl adjacent to an activating group) is 1. The third-order valence-corrected chi connectivity index (χ3v) is 3.89. The van der Waals surface area contributed by atoms with Crippen LogP contribution in [0.25, 0.3) is 0 Å². The number of hydrogen-bond acceptors (Lipinski definition) is 5. The van der Waals surface area contributed by atoms with Gasteiger partial charge >= 0.3 is 5.97 Å². The van der Waals surface area contributed by atoms with E-state index < -0.39 is 11.8 Å². The molecule has 2 rings (SSSR count). The molecule has 0 saturated heterocycles. The van der Waals surface area contributed by atoms with Crippen LogP contribution in [0.3, 0.4) is 0 Å². The first-order chi connectivity index (χ1) is 12.3. The number of aromatic hydroxyl groups is 1. The standard InChI is InChI=1S/C19H20N2O5/c1-12(22)20-9-10-21(2)13-7-8-16(17(23)11-13)18(24)14-5-3-4-6-15(14)19(25)26/h3-8,11,23H,9-10H2,1-2H3,(H,20,22)(H,25,26). The van der Waals surface area contributed by atoms with Crippen LogP contribution in [0.15, 0.2) is 42.5 Å². The molecule has 2 aromatic carbocycles. The maximum absolute atomic E-state index is 12.6. The highest BCUT2D eigenvalue weighted by molar-refractivity contribution is 6.15. The number of nitrogens with zero attached hydrogens (tertiary/aromatic N) is 1. The molecule has 3 N–H and O–H groups in total. The van der Waals surface area contributed by atoms with Crippen molar-refractivity contribution in [2.24, 2.45) is 0 Å². The Kier molecular flexibility index (Phi) is 5.95. The Morgan fingerprint density at radius 2 is 1.69 bits per heavy atom. The van der Waals surface area contributed by atoms with Crippen LogP contribution in [-0.4, -0.2) is 48.0 Å². The molecule has 7 heteroatoms. The van der Waals surface area contributed by atoms with Crippen molar-refractivity contribution in [1.82, 2.24) is 5.32 Å². The Morgan fingerprint density at radius 3 is 2.27 bits per heavy atom. The van der Waals surface area contributed by atoms with E-state index in [1.807, 2.05) is 4.90 Å². The molecule has 136 valence electrons. The number of carboxylic acid groups (broad SMARTS) is 1. The number of anilines is 1. The summed E-state index contributed by atoms with van der Waals surface area (Å²) in [5, 5.41) is 22.1. The van der Waals surface area contributed by atoms with Crippen LogP contribution in [-0.2, 0) is 4.79 Å². The first-order valence-corrected chi connectivity index (χ1v) is 7.97. The van der Waals surface area contributed by atoms with Gasteiger partial charge in [0.25, 0.3) is 0 Å². The molecule has 0 unspecified atom stereocenters. The molecule has 2 aromatic rings. The molecule has 0 radical (unpaired) electrons. The molecule has 0 fully saturated rings. The quantitative estimate of drug-likeness (QED) is 0.654. The molecule has 0 heterocycles. The van der Waals surface area contributed by atoms with Gasteiger partial charge in [-0.1, -0.05) is 18.2 Å². The zero-order valence-electron chi connectivity index (χ0n) is 14.5. The van der Waals surface area contributed by atoms with Crippen molar-refractivity contribution in [2.75, 3.05) is 25.0 Å². The summed E-state index contributed by atoms with van der Waals surface area (Å²) >= 11 is 0. The van der Waals surface area contributed by atoms with E-state index in [-0.39, 0.29) is 28.3 Å².